The van der Waals surface area contributed by atoms with Gasteiger partial charge in [-0.05, 0) is 43.4 Å². The Balaban J connectivity index is 2.06. The second kappa shape index (κ2) is 5.83. The van der Waals surface area contributed by atoms with Crippen LogP contribution in [0.2, 0.25) is 0 Å². The second-order valence-electron chi connectivity index (χ2n) is 5.90. The molecule has 0 bridgehead atoms. The fourth-order valence-electron chi connectivity index (χ4n) is 3.15. The molecule has 1 aliphatic rings. The van der Waals surface area contributed by atoms with Gasteiger partial charge in [0.25, 0.3) is 11.6 Å². The van der Waals surface area contributed by atoms with Crippen LogP contribution >= 0.6 is 0 Å². The molecule has 0 N–H and O–H groups in total. The average molecular weight is 310 g/mol. The molecule has 0 unspecified atom stereocenters. The lowest BCUT2D eigenvalue weighted by molar-refractivity contribution is -0.384. The zero-order chi connectivity index (χ0) is 16.6. The van der Waals surface area contributed by atoms with E-state index in [1.165, 1.54) is 12.1 Å². The zero-order valence-electron chi connectivity index (χ0n) is 13.2. The number of nitro groups is 1. The summed E-state index contributed by atoms with van der Waals surface area (Å²) in [6.45, 7) is 4.43. The minimum atomic E-state index is -0.467. The smallest absolute Gasteiger partial charge is 0.270 e. The van der Waals surface area contributed by atoms with Crippen molar-refractivity contribution in [2.45, 2.75) is 26.7 Å². The number of nitrogens with zero attached hydrogens (tertiary/aromatic N) is 2. The number of amides is 1. The van der Waals surface area contributed by atoms with Crippen LogP contribution in [0.15, 0.2) is 36.4 Å². The van der Waals surface area contributed by atoms with Gasteiger partial charge in [-0.3, -0.25) is 14.9 Å². The topological polar surface area (TPSA) is 63.5 Å². The van der Waals surface area contributed by atoms with Crippen molar-refractivity contribution in [3.8, 4) is 0 Å². The van der Waals surface area contributed by atoms with Gasteiger partial charge in [0.15, 0.2) is 0 Å². The maximum atomic E-state index is 13.0. The Morgan fingerprint density at radius 2 is 1.96 bits per heavy atom. The van der Waals surface area contributed by atoms with Crippen LogP contribution in [0.25, 0.3) is 0 Å². The molecule has 1 heterocycles. The summed E-state index contributed by atoms with van der Waals surface area (Å²) in [6, 6.07) is 10.5. The number of fused-ring (bicyclic) bond motifs is 1. The summed E-state index contributed by atoms with van der Waals surface area (Å²) in [5.74, 6) is -0.165. The predicted octanol–water partition coefficient (Wildman–Crippen LogP) is 3.80. The number of hydrogen-bond acceptors (Lipinski definition) is 3. The Morgan fingerprint density at radius 3 is 2.70 bits per heavy atom. The molecule has 5 nitrogen and oxygen atoms in total. The van der Waals surface area contributed by atoms with Crippen LogP contribution in [-0.4, -0.2) is 17.4 Å². The molecule has 0 fully saturated rings. The molecule has 0 spiro atoms. The van der Waals surface area contributed by atoms with Crippen molar-refractivity contribution in [2.75, 3.05) is 11.4 Å². The molecular formula is C18H18N2O3. The monoisotopic (exact) mass is 310 g/mol. The minimum Gasteiger partial charge on any atom is -0.308 e. The highest BCUT2D eigenvalue weighted by molar-refractivity contribution is 6.08. The van der Waals surface area contributed by atoms with Crippen LogP contribution in [0.5, 0.6) is 0 Å². The fraction of sp³-hybridized carbons (Fsp3) is 0.278. The molecule has 1 amide bonds. The Labute approximate surface area is 134 Å². The molecular weight excluding hydrogens is 292 g/mol. The van der Waals surface area contributed by atoms with Gasteiger partial charge >= 0.3 is 0 Å². The number of anilines is 1. The van der Waals surface area contributed by atoms with Crippen LogP contribution in [0, 0.1) is 24.0 Å². The van der Waals surface area contributed by atoms with Gasteiger partial charge in [-0.1, -0.05) is 24.3 Å². The van der Waals surface area contributed by atoms with Gasteiger partial charge < -0.3 is 4.90 Å². The number of para-hydroxylation sites is 1. The number of carbonyl (C=O) groups is 1. The summed E-state index contributed by atoms with van der Waals surface area (Å²) in [7, 11) is 0. The second-order valence-corrected chi connectivity index (χ2v) is 5.90. The van der Waals surface area contributed by atoms with E-state index in [4.69, 9.17) is 0 Å². The fourth-order valence-corrected chi connectivity index (χ4v) is 3.15. The highest BCUT2D eigenvalue weighted by atomic mass is 16.6. The quantitative estimate of drug-likeness (QED) is 0.626. The maximum absolute atomic E-state index is 13.0. The Morgan fingerprint density at radius 1 is 1.17 bits per heavy atom. The third-order valence-corrected chi connectivity index (χ3v) is 4.33. The molecule has 0 atom stereocenters. The zero-order valence-corrected chi connectivity index (χ0v) is 13.2. The number of non-ortho nitro benzene ring substituents is 1. The molecule has 1 aliphatic heterocycles. The molecule has 3 rings (SSSR count). The SMILES string of the molecule is Cc1ccc([N+](=O)[O-])cc1C(=O)N1CCCc2cccc(C)c21. The Bertz CT molecular complexity index is 799. The Kier molecular flexibility index (Phi) is 3.86. The third kappa shape index (κ3) is 2.70. The van der Waals surface area contributed by atoms with Crippen LogP contribution in [0.4, 0.5) is 11.4 Å². The van der Waals surface area contributed by atoms with E-state index in [0.717, 1.165) is 35.2 Å². The molecule has 0 radical (unpaired) electrons. The van der Waals surface area contributed by atoms with Gasteiger partial charge in [0.05, 0.1) is 10.6 Å². The highest BCUT2D eigenvalue weighted by Crippen LogP contribution is 2.32. The molecule has 5 heteroatoms. The summed E-state index contributed by atoms with van der Waals surface area (Å²) in [5.41, 5.74) is 4.26. The molecule has 0 aliphatic carbocycles. The third-order valence-electron chi connectivity index (χ3n) is 4.33. The van der Waals surface area contributed by atoms with Crippen LogP contribution in [0.3, 0.4) is 0 Å². The van der Waals surface area contributed by atoms with Gasteiger partial charge in [0.2, 0.25) is 0 Å². The molecule has 2 aromatic carbocycles. The van der Waals surface area contributed by atoms with Crippen molar-refractivity contribution < 1.29 is 9.72 Å². The summed E-state index contributed by atoms with van der Waals surface area (Å²) in [6.07, 6.45) is 1.85. The van der Waals surface area contributed by atoms with Crippen molar-refractivity contribution in [1.82, 2.24) is 0 Å². The van der Waals surface area contributed by atoms with Crippen molar-refractivity contribution >= 4 is 17.3 Å². The Hall–Kier alpha value is -2.69. The molecule has 0 aromatic heterocycles. The standard InChI is InChI=1S/C18H18N2O3/c1-12-8-9-15(20(22)23)11-16(12)18(21)19-10-4-7-14-6-3-5-13(2)17(14)19/h3,5-6,8-9,11H,4,7,10H2,1-2H3. The first-order valence-corrected chi connectivity index (χ1v) is 7.64. The van der Waals surface area contributed by atoms with E-state index in [1.807, 2.05) is 25.1 Å². The summed E-state index contributed by atoms with van der Waals surface area (Å²) >= 11 is 0. The van der Waals surface area contributed by atoms with E-state index in [-0.39, 0.29) is 11.6 Å². The number of benzene rings is 2. The molecule has 118 valence electrons. The van der Waals surface area contributed by atoms with Gasteiger partial charge in [-0.25, -0.2) is 0 Å². The van der Waals surface area contributed by atoms with E-state index < -0.39 is 4.92 Å². The predicted molar refractivity (Wildman–Crippen MR) is 89.0 cm³/mol. The van der Waals surface area contributed by atoms with Gasteiger partial charge in [0.1, 0.15) is 0 Å². The van der Waals surface area contributed by atoms with Crippen LogP contribution in [-0.2, 0) is 6.42 Å². The average Bonchev–Trinajstić information content (AvgIpc) is 2.54. The molecule has 23 heavy (non-hydrogen) atoms. The number of carbonyl (C=O) groups excluding carboxylic acids is 1. The van der Waals surface area contributed by atoms with E-state index in [9.17, 15) is 14.9 Å². The molecule has 0 saturated heterocycles. The van der Waals surface area contributed by atoms with Gasteiger partial charge in [-0.2, -0.15) is 0 Å². The normalized spacial score (nSPS) is 13.6. The molecule has 0 saturated carbocycles. The first-order valence-electron chi connectivity index (χ1n) is 7.64. The summed E-state index contributed by atoms with van der Waals surface area (Å²) in [5, 5.41) is 11.0. The van der Waals surface area contributed by atoms with Crippen molar-refractivity contribution in [1.29, 1.82) is 0 Å². The lowest BCUT2D eigenvalue weighted by Gasteiger charge is -2.31. The largest absolute Gasteiger partial charge is 0.308 e. The van der Waals surface area contributed by atoms with E-state index in [2.05, 4.69) is 0 Å². The van der Waals surface area contributed by atoms with Crippen molar-refractivity contribution in [3.05, 3.63) is 68.8 Å². The van der Waals surface area contributed by atoms with Gasteiger partial charge in [0, 0.05) is 24.2 Å². The lowest BCUT2D eigenvalue weighted by Crippen LogP contribution is -2.36. The lowest BCUT2D eigenvalue weighted by atomic mass is 9.96. The summed E-state index contributed by atoms with van der Waals surface area (Å²) < 4.78 is 0. The van der Waals surface area contributed by atoms with Crippen LogP contribution < -0.4 is 4.90 Å². The maximum Gasteiger partial charge on any atom is 0.270 e. The van der Waals surface area contributed by atoms with Crippen molar-refractivity contribution in [3.63, 3.8) is 0 Å². The van der Waals surface area contributed by atoms with E-state index >= 15 is 0 Å². The number of hydrogen-bond donors (Lipinski definition) is 0. The van der Waals surface area contributed by atoms with Crippen molar-refractivity contribution in [2.24, 2.45) is 0 Å². The highest BCUT2D eigenvalue weighted by Gasteiger charge is 2.26. The van der Waals surface area contributed by atoms with Crippen LogP contribution in [0.1, 0.15) is 33.5 Å². The number of aryl methyl sites for hydroxylation is 3. The first-order chi connectivity index (χ1) is 11.0. The van der Waals surface area contributed by atoms with Gasteiger partial charge in [-0.15, -0.1) is 0 Å². The summed E-state index contributed by atoms with van der Waals surface area (Å²) in [4.78, 5) is 25.3. The molecule has 2 aromatic rings. The first kappa shape index (κ1) is 15.2. The number of rotatable bonds is 2. The van der Waals surface area contributed by atoms with E-state index in [1.54, 1.807) is 17.9 Å². The van der Waals surface area contributed by atoms with E-state index in [0.29, 0.717) is 12.1 Å². The number of nitro benzene ring substituents is 1. The minimum absolute atomic E-state index is 0.0547.